The summed E-state index contributed by atoms with van der Waals surface area (Å²) in [5.74, 6) is 1.83. The fourth-order valence-corrected chi connectivity index (χ4v) is 4.72. The van der Waals surface area contributed by atoms with Crippen molar-refractivity contribution in [1.29, 1.82) is 0 Å². The van der Waals surface area contributed by atoms with Crippen molar-refractivity contribution < 1.29 is 0 Å². The predicted octanol–water partition coefficient (Wildman–Crippen LogP) is 7.86. The van der Waals surface area contributed by atoms with E-state index >= 15 is 0 Å². The molecule has 4 aromatic carbocycles. The Bertz CT molecular complexity index is 1040. The van der Waals surface area contributed by atoms with E-state index in [4.69, 9.17) is 0 Å². The van der Waals surface area contributed by atoms with Crippen LogP contribution in [-0.2, 0) is 0 Å². The van der Waals surface area contributed by atoms with Gasteiger partial charge in [0.05, 0.1) is 0 Å². The summed E-state index contributed by atoms with van der Waals surface area (Å²) >= 11 is 0. The smallest absolute Gasteiger partial charge is 0.00238 e. The molecule has 0 nitrogen and oxygen atoms in total. The molecule has 0 radical (unpaired) electrons. The van der Waals surface area contributed by atoms with Crippen LogP contribution in [0.25, 0.3) is 32.3 Å². The van der Waals surface area contributed by atoms with E-state index in [9.17, 15) is 0 Å². The Balaban J connectivity index is 2.16. The van der Waals surface area contributed by atoms with E-state index in [0.29, 0.717) is 17.8 Å². The molecule has 0 heterocycles. The Morgan fingerprint density at radius 1 is 0.640 bits per heavy atom. The summed E-state index contributed by atoms with van der Waals surface area (Å²) < 4.78 is 0. The third kappa shape index (κ3) is 2.42. The zero-order valence-corrected chi connectivity index (χ0v) is 16.1. The summed E-state index contributed by atoms with van der Waals surface area (Å²) in [6.45, 7) is 11.6. The van der Waals surface area contributed by atoms with Crippen molar-refractivity contribution in [2.75, 3.05) is 0 Å². The molecule has 0 bridgehead atoms. The highest BCUT2D eigenvalue weighted by molar-refractivity contribution is 6.24. The molecule has 0 N–H and O–H groups in total. The van der Waals surface area contributed by atoms with Crippen LogP contribution in [0, 0.1) is 5.92 Å². The van der Waals surface area contributed by atoms with Crippen LogP contribution >= 0.6 is 0 Å². The van der Waals surface area contributed by atoms with Crippen LogP contribution in [0.1, 0.15) is 64.0 Å². The highest BCUT2D eigenvalue weighted by Crippen LogP contribution is 2.42. The van der Waals surface area contributed by atoms with E-state index in [1.807, 2.05) is 0 Å². The van der Waals surface area contributed by atoms with Gasteiger partial charge >= 0.3 is 0 Å². The lowest BCUT2D eigenvalue weighted by molar-refractivity contribution is 0.488. The van der Waals surface area contributed by atoms with Crippen LogP contribution in [0.5, 0.6) is 0 Å². The summed E-state index contributed by atoms with van der Waals surface area (Å²) in [5.41, 5.74) is 2.98. The van der Waals surface area contributed by atoms with Crippen LogP contribution in [-0.4, -0.2) is 0 Å². The van der Waals surface area contributed by atoms with Crippen molar-refractivity contribution in [3.63, 3.8) is 0 Å². The maximum Gasteiger partial charge on any atom is -0.00238 e. The first kappa shape index (κ1) is 16.4. The Labute approximate surface area is 151 Å². The van der Waals surface area contributed by atoms with Crippen LogP contribution in [0.4, 0.5) is 0 Å². The van der Waals surface area contributed by atoms with Gasteiger partial charge in [-0.05, 0) is 67.6 Å². The van der Waals surface area contributed by atoms with E-state index in [1.54, 1.807) is 0 Å². The van der Waals surface area contributed by atoms with E-state index in [1.165, 1.54) is 49.9 Å². The molecule has 0 fully saturated rings. The van der Waals surface area contributed by atoms with Crippen molar-refractivity contribution in [1.82, 2.24) is 0 Å². The zero-order chi connectivity index (χ0) is 17.7. The highest BCUT2D eigenvalue weighted by atomic mass is 14.2. The monoisotopic (exact) mass is 328 g/mol. The average Bonchev–Trinajstić information content (AvgIpc) is 2.60. The summed E-state index contributed by atoms with van der Waals surface area (Å²) in [7, 11) is 0. The largest absolute Gasteiger partial charge is 0.0648 e. The number of benzene rings is 4. The third-order valence-corrected chi connectivity index (χ3v) is 6.00. The van der Waals surface area contributed by atoms with Crippen LogP contribution in [0.3, 0.4) is 0 Å². The van der Waals surface area contributed by atoms with Crippen molar-refractivity contribution >= 4 is 32.3 Å². The van der Waals surface area contributed by atoms with Gasteiger partial charge in [0, 0.05) is 0 Å². The van der Waals surface area contributed by atoms with E-state index < -0.39 is 0 Å². The van der Waals surface area contributed by atoms with E-state index in [0.717, 1.165) is 0 Å². The Morgan fingerprint density at radius 3 is 1.60 bits per heavy atom. The van der Waals surface area contributed by atoms with Gasteiger partial charge in [-0.15, -0.1) is 0 Å². The van der Waals surface area contributed by atoms with Gasteiger partial charge in [-0.2, -0.15) is 0 Å². The zero-order valence-electron chi connectivity index (χ0n) is 16.1. The number of rotatable bonds is 4. The van der Waals surface area contributed by atoms with Crippen LogP contribution in [0.15, 0.2) is 48.5 Å². The van der Waals surface area contributed by atoms with E-state index in [-0.39, 0.29) is 0 Å². The van der Waals surface area contributed by atoms with Gasteiger partial charge in [-0.25, -0.2) is 0 Å². The first-order chi connectivity index (χ1) is 12.0. The van der Waals surface area contributed by atoms with Crippen molar-refractivity contribution in [3.8, 4) is 0 Å². The third-order valence-electron chi connectivity index (χ3n) is 6.00. The second kappa shape index (κ2) is 6.02. The first-order valence-corrected chi connectivity index (χ1v) is 9.73. The number of hydrogen-bond donors (Lipinski definition) is 0. The fraction of sp³-hybridized carbons (Fsp3) is 0.360. The Hall–Kier alpha value is -2.08. The van der Waals surface area contributed by atoms with Gasteiger partial charge in [0.1, 0.15) is 0 Å². The van der Waals surface area contributed by atoms with Gasteiger partial charge < -0.3 is 0 Å². The molecule has 0 aliphatic heterocycles. The molecule has 0 heteroatoms. The summed E-state index contributed by atoms with van der Waals surface area (Å²) in [6.07, 6.45) is 1.19. The fourth-order valence-electron chi connectivity index (χ4n) is 4.72. The Morgan fingerprint density at radius 2 is 1.12 bits per heavy atom. The topological polar surface area (TPSA) is 0 Å². The quantitative estimate of drug-likeness (QED) is 0.334. The highest BCUT2D eigenvalue weighted by Gasteiger charge is 2.19. The van der Waals surface area contributed by atoms with Crippen molar-refractivity contribution in [2.45, 2.75) is 52.9 Å². The molecule has 0 saturated heterocycles. The minimum Gasteiger partial charge on any atom is -0.0648 e. The second-order valence-electron chi connectivity index (χ2n) is 8.15. The molecular weight excluding hydrogens is 300 g/mol. The standard InChI is InChI=1S/C25H28/c1-6-19(15(2)3)21-12-8-18-9-13-22-20(16(4)5)11-7-17-10-14-23(21)25(18)24(17)22/h7-16,19H,6H2,1-5H3. The van der Waals surface area contributed by atoms with Crippen molar-refractivity contribution in [3.05, 3.63) is 59.7 Å². The SMILES string of the molecule is CCC(c1ccc2ccc3c(C(C)C)ccc4ccc1c2c43)C(C)C. The molecule has 0 saturated carbocycles. The molecule has 25 heavy (non-hydrogen) atoms. The summed E-state index contributed by atoms with van der Waals surface area (Å²) in [5, 5.41) is 8.55. The van der Waals surface area contributed by atoms with Crippen molar-refractivity contribution in [2.24, 2.45) is 5.92 Å². The van der Waals surface area contributed by atoms with Gasteiger partial charge in [0.25, 0.3) is 0 Å². The lowest BCUT2D eigenvalue weighted by Gasteiger charge is -2.23. The minimum absolute atomic E-state index is 0.545. The number of hydrogen-bond acceptors (Lipinski definition) is 0. The van der Waals surface area contributed by atoms with Gasteiger partial charge in [-0.1, -0.05) is 83.1 Å². The second-order valence-corrected chi connectivity index (χ2v) is 8.15. The predicted molar refractivity (Wildman–Crippen MR) is 112 cm³/mol. The molecule has 1 atom stereocenters. The maximum absolute atomic E-state index is 2.37. The molecule has 0 amide bonds. The molecule has 0 aliphatic rings. The minimum atomic E-state index is 0.545. The summed E-state index contributed by atoms with van der Waals surface area (Å²) in [4.78, 5) is 0. The normalized spacial score (nSPS) is 13.7. The van der Waals surface area contributed by atoms with Gasteiger partial charge in [0.2, 0.25) is 0 Å². The Kier molecular flexibility index (Phi) is 3.95. The summed E-state index contributed by atoms with van der Waals surface area (Å²) in [6, 6.07) is 18.7. The van der Waals surface area contributed by atoms with Gasteiger partial charge in [-0.3, -0.25) is 0 Å². The molecule has 0 aliphatic carbocycles. The lowest BCUT2D eigenvalue weighted by Crippen LogP contribution is -2.06. The van der Waals surface area contributed by atoms with Crippen LogP contribution in [0.2, 0.25) is 0 Å². The molecular formula is C25H28. The lowest BCUT2D eigenvalue weighted by atomic mass is 9.81. The van der Waals surface area contributed by atoms with Crippen LogP contribution < -0.4 is 0 Å². The maximum atomic E-state index is 2.37. The molecule has 4 rings (SSSR count). The first-order valence-electron chi connectivity index (χ1n) is 9.73. The molecule has 0 spiro atoms. The molecule has 1 unspecified atom stereocenters. The van der Waals surface area contributed by atoms with E-state index in [2.05, 4.69) is 83.1 Å². The average molecular weight is 328 g/mol. The van der Waals surface area contributed by atoms with Gasteiger partial charge in [0.15, 0.2) is 0 Å². The molecule has 4 aromatic rings. The molecule has 0 aromatic heterocycles. The molecule has 128 valence electrons.